The molecule has 1 aliphatic heterocycles. The van der Waals surface area contributed by atoms with Gasteiger partial charge in [-0.15, -0.1) is 0 Å². The van der Waals surface area contributed by atoms with E-state index >= 15 is 0 Å². The van der Waals surface area contributed by atoms with Gasteiger partial charge in [-0.05, 0) is 42.3 Å². The molecule has 1 heterocycles. The maximum Gasteiger partial charge on any atom is 0.191 e. The molecule has 0 amide bonds. The van der Waals surface area contributed by atoms with E-state index in [0.29, 0.717) is 23.5 Å². The van der Waals surface area contributed by atoms with Gasteiger partial charge in [-0.1, -0.05) is 20.8 Å². The maximum absolute atomic E-state index is 12.2. The lowest BCUT2D eigenvalue weighted by Crippen LogP contribution is -2.44. The first kappa shape index (κ1) is 13.8. The Kier molecular flexibility index (Phi) is 3.01. The zero-order valence-corrected chi connectivity index (χ0v) is 13.7. The zero-order chi connectivity index (χ0) is 14.0. The molecule has 0 spiro atoms. The SMILES string of the molecule is CC(C)(C)[Si](C)(C)OC[C@@H]1[C@H]2CO[C@H]3C(=O)[C@@H]1C[C@@H]23. The minimum absolute atomic E-state index is 0.0564. The molecule has 0 N–H and O–H groups in total. The average Bonchev–Trinajstić information content (AvgIpc) is 2.86. The van der Waals surface area contributed by atoms with E-state index in [1.165, 1.54) is 0 Å². The highest BCUT2D eigenvalue weighted by atomic mass is 28.4. The maximum atomic E-state index is 12.2. The van der Waals surface area contributed by atoms with E-state index in [1.54, 1.807) is 0 Å². The van der Waals surface area contributed by atoms with Crippen LogP contribution in [0.1, 0.15) is 27.2 Å². The molecule has 1 saturated heterocycles. The van der Waals surface area contributed by atoms with Crippen molar-refractivity contribution in [2.75, 3.05) is 13.2 Å². The van der Waals surface area contributed by atoms with Gasteiger partial charge in [0.15, 0.2) is 14.1 Å². The predicted octanol–water partition coefficient (Wildman–Crippen LogP) is 2.86. The molecule has 3 rings (SSSR count). The third-order valence-electron chi connectivity index (χ3n) is 6.09. The summed E-state index contributed by atoms with van der Waals surface area (Å²) in [4.78, 5) is 12.2. The summed E-state index contributed by atoms with van der Waals surface area (Å²) in [5.74, 6) is 2.10. The van der Waals surface area contributed by atoms with Crippen molar-refractivity contribution >= 4 is 14.1 Å². The van der Waals surface area contributed by atoms with Crippen LogP contribution in [0.3, 0.4) is 0 Å². The highest BCUT2D eigenvalue weighted by molar-refractivity contribution is 6.74. The first-order valence-electron chi connectivity index (χ1n) is 7.51. The number of hydrogen-bond acceptors (Lipinski definition) is 3. The van der Waals surface area contributed by atoms with E-state index in [1.807, 2.05) is 0 Å². The molecule has 0 aromatic rings. The van der Waals surface area contributed by atoms with Gasteiger partial charge in [0.25, 0.3) is 0 Å². The van der Waals surface area contributed by atoms with E-state index in [-0.39, 0.29) is 17.1 Å². The van der Waals surface area contributed by atoms with Crippen molar-refractivity contribution in [3.63, 3.8) is 0 Å². The van der Waals surface area contributed by atoms with Crippen molar-refractivity contribution in [3.05, 3.63) is 0 Å². The van der Waals surface area contributed by atoms with E-state index < -0.39 is 8.32 Å². The number of ketones is 1. The second kappa shape index (κ2) is 4.15. The fourth-order valence-corrected chi connectivity index (χ4v) is 4.83. The Balaban J connectivity index is 1.68. The third kappa shape index (κ3) is 1.95. The van der Waals surface area contributed by atoms with Crippen LogP contribution in [0.4, 0.5) is 0 Å². The van der Waals surface area contributed by atoms with Crippen LogP contribution in [-0.2, 0) is 14.0 Å². The van der Waals surface area contributed by atoms with Crippen LogP contribution in [0.25, 0.3) is 0 Å². The van der Waals surface area contributed by atoms with Gasteiger partial charge in [-0.2, -0.15) is 0 Å². The monoisotopic (exact) mass is 282 g/mol. The van der Waals surface area contributed by atoms with Crippen LogP contribution in [0, 0.1) is 23.7 Å². The molecule has 0 unspecified atom stereocenters. The van der Waals surface area contributed by atoms with Crippen molar-refractivity contribution in [2.45, 2.75) is 51.4 Å². The van der Waals surface area contributed by atoms with E-state index in [0.717, 1.165) is 19.6 Å². The van der Waals surface area contributed by atoms with Crippen molar-refractivity contribution in [3.8, 4) is 0 Å². The number of Topliss-reactive ketones (excluding diaryl/α,β-unsaturated/α-hetero) is 1. The first-order chi connectivity index (χ1) is 8.72. The first-order valence-corrected chi connectivity index (χ1v) is 10.4. The quantitative estimate of drug-likeness (QED) is 0.747. The fraction of sp³-hybridized carbons (Fsp3) is 0.933. The molecule has 2 saturated carbocycles. The number of ether oxygens (including phenoxy) is 1. The molecular formula is C15H26O3Si. The minimum atomic E-state index is -1.70. The summed E-state index contributed by atoms with van der Waals surface area (Å²) < 4.78 is 12.0. The summed E-state index contributed by atoms with van der Waals surface area (Å²) in [6.45, 7) is 12.9. The highest BCUT2D eigenvalue weighted by Crippen LogP contribution is 2.55. The van der Waals surface area contributed by atoms with Crippen LogP contribution in [0.2, 0.25) is 18.1 Å². The number of hydrogen-bond donors (Lipinski definition) is 0. The summed E-state index contributed by atoms with van der Waals surface area (Å²) >= 11 is 0. The van der Waals surface area contributed by atoms with Gasteiger partial charge in [-0.3, -0.25) is 4.79 Å². The Labute approximate surface area is 117 Å². The second-order valence-corrected chi connectivity index (χ2v) is 12.9. The van der Waals surface area contributed by atoms with Crippen LogP contribution in [0.15, 0.2) is 0 Å². The molecule has 2 aliphatic carbocycles. The van der Waals surface area contributed by atoms with Gasteiger partial charge in [0.05, 0.1) is 6.61 Å². The highest BCUT2D eigenvalue weighted by Gasteiger charge is 2.62. The van der Waals surface area contributed by atoms with E-state index in [2.05, 4.69) is 33.9 Å². The van der Waals surface area contributed by atoms with Gasteiger partial charge < -0.3 is 9.16 Å². The summed E-state index contributed by atoms with van der Waals surface area (Å²) in [5.41, 5.74) is 0. The number of carbonyl (C=O) groups excluding carboxylic acids is 1. The molecule has 5 atom stereocenters. The zero-order valence-electron chi connectivity index (χ0n) is 12.7. The van der Waals surface area contributed by atoms with Gasteiger partial charge in [0.1, 0.15) is 6.10 Å². The smallest absolute Gasteiger partial charge is 0.191 e. The van der Waals surface area contributed by atoms with Gasteiger partial charge in [0.2, 0.25) is 0 Å². The van der Waals surface area contributed by atoms with Crippen molar-refractivity contribution < 1.29 is 14.0 Å². The Bertz CT molecular complexity index is 399. The Morgan fingerprint density at radius 3 is 2.63 bits per heavy atom. The van der Waals surface area contributed by atoms with Crippen LogP contribution in [-0.4, -0.2) is 33.4 Å². The van der Waals surface area contributed by atoms with E-state index in [4.69, 9.17) is 9.16 Å². The summed E-state index contributed by atoms with van der Waals surface area (Å²) in [7, 11) is -1.70. The molecule has 0 radical (unpaired) electrons. The summed E-state index contributed by atoms with van der Waals surface area (Å²) in [5, 5.41) is 0.239. The van der Waals surface area contributed by atoms with Gasteiger partial charge in [0, 0.05) is 12.5 Å². The molecule has 108 valence electrons. The summed E-state index contributed by atoms with van der Waals surface area (Å²) in [6, 6.07) is 0. The van der Waals surface area contributed by atoms with Gasteiger partial charge in [-0.25, -0.2) is 0 Å². The third-order valence-corrected chi connectivity index (χ3v) is 10.6. The lowest BCUT2D eigenvalue weighted by Gasteiger charge is -2.38. The molecule has 3 aliphatic rings. The minimum Gasteiger partial charge on any atom is -0.417 e. The standard InChI is InChI=1S/C15H26O3Si/c1-15(2,3)19(4,5)18-8-12-9-6-10-11(12)7-17-14(10)13(9)16/h9-12,14H,6-8H2,1-5H3/t9-,10+,11+,12+,14-/m1/s1. The molecule has 0 aromatic carbocycles. The lowest BCUT2D eigenvalue weighted by molar-refractivity contribution is -0.130. The topological polar surface area (TPSA) is 35.5 Å². The molecule has 4 heteroatoms. The van der Waals surface area contributed by atoms with E-state index in [9.17, 15) is 4.79 Å². The van der Waals surface area contributed by atoms with Crippen molar-refractivity contribution in [1.82, 2.24) is 0 Å². The van der Waals surface area contributed by atoms with Crippen molar-refractivity contribution in [2.24, 2.45) is 23.7 Å². The Morgan fingerprint density at radius 2 is 2.00 bits per heavy atom. The number of fused-ring (bicyclic) bond motifs is 1. The Hall–Kier alpha value is -0.193. The van der Waals surface area contributed by atoms with Crippen LogP contribution >= 0.6 is 0 Å². The lowest BCUT2D eigenvalue weighted by atomic mass is 9.80. The summed E-state index contributed by atoms with van der Waals surface area (Å²) in [6.07, 6.45) is 0.999. The molecule has 3 fully saturated rings. The van der Waals surface area contributed by atoms with Crippen molar-refractivity contribution in [1.29, 1.82) is 0 Å². The van der Waals surface area contributed by atoms with Crippen LogP contribution in [0.5, 0.6) is 0 Å². The fourth-order valence-electron chi connectivity index (χ4n) is 3.78. The van der Waals surface area contributed by atoms with Gasteiger partial charge >= 0.3 is 0 Å². The number of rotatable bonds is 3. The molecular weight excluding hydrogens is 256 g/mol. The largest absolute Gasteiger partial charge is 0.417 e. The Morgan fingerprint density at radius 1 is 1.32 bits per heavy atom. The normalized spacial score (nSPS) is 41.3. The molecule has 19 heavy (non-hydrogen) atoms. The predicted molar refractivity (Wildman–Crippen MR) is 76.5 cm³/mol. The molecule has 2 bridgehead atoms. The second-order valence-electron chi connectivity index (χ2n) is 8.06. The molecule has 3 nitrogen and oxygen atoms in total. The number of carbonyl (C=O) groups is 1. The van der Waals surface area contributed by atoms with Crippen LogP contribution < -0.4 is 0 Å². The average molecular weight is 282 g/mol. The molecule has 0 aromatic heterocycles.